The van der Waals surface area contributed by atoms with Gasteiger partial charge in [0.1, 0.15) is 7.85 Å². The number of rotatable bonds is 6. The maximum atomic E-state index is 5.89. The van der Waals surface area contributed by atoms with Gasteiger partial charge in [0, 0.05) is 31.1 Å². The Balaban J connectivity index is 2.64. The molecular weight excluding hydrogens is 247 g/mol. The molecule has 0 amide bonds. The van der Waals surface area contributed by atoms with Gasteiger partial charge in [0.25, 0.3) is 0 Å². The van der Waals surface area contributed by atoms with Crippen LogP contribution in [-0.2, 0) is 4.74 Å². The molecule has 0 aromatic heterocycles. The van der Waals surface area contributed by atoms with Crippen LogP contribution < -0.4 is 10.6 Å². The Morgan fingerprint density at radius 2 is 2.00 bits per heavy atom. The van der Waals surface area contributed by atoms with Crippen LogP contribution in [0.4, 0.5) is 11.4 Å². The van der Waals surface area contributed by atoms with Crippen molar-refractivity contribution in [1.29, 1.82) is 0 Å². The number of nitrogens with two attached hydrogens (primary N) is 1. The monoisotopic (exact) mass is 276 g/mol. The molecule has 0 aliphatic carbocycles. The van der Waals surface area contributed by atoms with E-state index >= 15 is 0 Å². The van der Waals surface area contributed by atoms with Crippen molar-refractivity contribution >= 4 is 19.2 Å². The Morgan fingerprint density at radius 3 is 2.50 bits per heavy atom. The summed E-state index contributed by atoms with van der Waals surface area (Å²) in [7, 11) is 2.23. The number of hydrogen-bond donors (Lipinski definition) is 1. The molecule has 3 nitrogen and oxygen atoms in total. The molecule has 0 fully saturated rings. The topological polar surface area (TPSA) is 38.5 Å². The zero-order valence-corrected chi connectivity index (χ0v) is 13.9. The second-order valence-corrected chi connectivity index (χ2v) is 6.61. The van der Waals surface area contributed by atoms with E-state index in [9.17, 15) is 0 Å². The van der Waals surface area contributed by atoms with Gasteiger partial charge in [-0.05, 0) is 64.2 Å². The lowest BCUT2D eigenvalue weighted by Gasteiger charge is -2.29. The van der Waals surface area contributed by atoms with Crippen LogP contribution in [0.5, 0.6) is 0 Å². The van der Waals surface area contributed by atoms with E-state index in [1.54, 1.807) is 0 Å². The van der Waals surface area contributed by atoms with Crippen molar-refractivity contribution in [2.75, 3.05) is 30.3 Å². The van der Waals surface area contributed by atoms with E-state index in [1.807, 2.05) is 6.07 Å². The minimum absolute atomic E-state index is 0.0664. The number of nitrogens with zero attached hydrogens (tertiary/aromatic N) is 1. The van der Waals surface area contributed by atoms with E-state index in [-0.39, 0.29) is 5.60 Å². The van der Waals surface area contributed by atoms with Gasteiger partial charge in [0.2, 0.25) is 0 Å². The minimum atomic E-state index is -0.0664. The largest absolute Gasteiger partial charge is 0.399 e. The fourth-order valence-corrected chi connectivity index (χ4v) is 2.09. The predicted octanol–water partition coefficient (Wildman–Crippen LogP) is 2.64. The van der Waals surface area contributed by atoms with Crippen LogP contribution in [0, 0.1) is 6.92 Å². The van der Waals surface area contributed by atoms with Gasteiger partial charge in [0.15, 0.2) is 0 Å². The molecule has 112 valence electrons. The summed E-state index contributed by atoms with van der Waals surface area (Å²) < 4.78 is 5.87. The summed E-state index contributed by atoms with van der Waals surface area (Å²) in [6.07, 6.45) is 0. The fourth-order valence-electron chi connectivity index (χ4n) is 2.09. The summed E-state index contributed by atoms with van der Waals surface area (Å²) in [5.74, 6) is 0.493. The summed E-state index contributed by atoms with van der Waals surface area (Å²) in [5, 5.41) is 0. The Kier molecular flexibility index (Phi) is 5.94. The van der Waals surface area contributed by atoms with Gasteiger partial charge in [-0.15, -0.1) is 0 Å². The Labute approximate surface area is 124 Å². The van der Waals surface area contributed by atoms with Crippen molar-refractivity contribution in [3.05, 3.63) is 23.8 Å². The second kappa shape index (κ2) is 7.03. The van der Waals surface area contributed by atoms with Crippen LogP contribution in [0.3, 0.4) is 0 Å². The zero-order chi connectivity index (χ0) is 15.3. The lowest BCUT2D eigenvalue weighted by molar-refractivity contribution is -0.00288. The molecule has 20 heavy (non-hydrogen) atoms. The van der Waals surface area contributed by atoms with Crippen molar-refractivity contribution in [3.63, 3.8) is 0 Å². The predicted molar refractivity (Wildman–Crippen MR) is 91.5 cm³/mol. The van der Waals surface area contributed by atoms with Crippen LogP contribution in [0.1, 0.15) is 33.3 Å². The smallest absolute Gasteiger partial charge is 0.110 e. The summed E-state index contributed by atoms with van der Waals surface area (Å²) in [6.45, 7) is 13.3. The van der Waals surface area contributed by atoms with E-state index in [4.69, 9.17) is 10.5 Å². The Morgan fingerprint density at radius 1 is 1.35 bits per heavy atom. The van der Waals surface area contributed by atoms with Gasteiger partial charge in [-0.3, -0.25) is 0 Å². The third-order valence-corrected chi connectivity index (χ3v) is 3.33. The number of hydrogen-bond acceptors (Lipinski definition) is 3. The Hall–Kier alpha value is -1.16. The van der Waals surface area contributed by atoms with E-state index in [1.165, 1.54) is 5.69 Å². The van der Waals surface area contributed by atoms with Gasteiger partial charge in [-0.1, -0.05) is 0 Å². The average Bonchev–Trinajstić information content (AvgIpc) is 2.36. The SMILES string of the molecule is BC(COC(C)(C)C)CN(CC)c1ccc(N)c(C)c1. The highest BCUT2D eigenvalue weighted by molar-refractivity contribution is 6.12. The first-order valence-corrected chi connectivity index (χ1v) is 7.48. The van der Waals surface area contributed by atoms with E-state index in [0.29, 0.717) is 5.82 Å². The molecule has 0 saturated heterocycles. The normalized spacial score (nSPS) is 13.2. The highest BCUT2D eigenvalue weighted by Crippen LogP contribution is 2.22. The molecule has 0 bridgehead atoms. The molecule has 1 aromatic carbocycles. The van der Waals surface area contributed by atoms with Crippen molar-refractivity contribution in [3.8, 4) is 0 Å². The lowest BCUT2D eigenvalue weighted by Crippen LogP contribution is -2.31. The molecule has 1 rings (SSSR count). The summed E-state index contributed by atoms with van der Waals surface area (Å²) >= 11 is 0. The van der Waals surface area contributed by atoms with Crippen LogP contribution in [-0.4, -0.2) is 33.1 Å². The minimum Gasteiger partial charge on any atom is -0.399 e. The molecule has 0 aliphatic rings. The van der Waals surface area contributed by atoms with Crippen LogP contribution in [0.2, 0.25) is 5.82 Å². The number of nitrogen functional groups attached to an aromatic ring is 1. The Bertz CT molecular complexity index is 429. The van der Waals surface area contributed by atoms with Crippen LogP contribution >= 0.6 is 0 Å². The molecular formula is C16H29BN2O. The van der Waals surface area contributed by atoms with E-state index in [2.05, 4.69) is 59.5 Å². The number of aryl methyl sites for hydroxylation is 1. The maximum absolute atomic E-state index is 5.89. The maximum Gasteiger partial charge on any atom is 0.110 e. The van der Waals surface area contributed by atoms with Crippen molar-refractivity contribution in [1.82, 2.24) is 0 Å². The van der Waals surface area contributed by atoms with Crippen molar-refractivity contribution in [2.45, 2.75) is 46.0 Å². The first-order valence-electron chi connectivity index (χ1n) is 7.48. The van der Waals surface area contributed by atoms with Crippen LogP contribution in [0.25, 0.3) is 0 Å². The molecule has 1 unspecified atom stereocenters. The standard InChI is InChI=1S/C16H29BN2O/c1-6-19(10-13(17)11-20-16(3,4)5)14-7-8-15(18)12(2)9-14/h7-9,13H,6,10-11,17-18H2,1-5H3. The van der Waals surface area contributed by atoms with Gasteiger partial charge in [-0.25, -0.2) is 0 Å². The molecule has 0 aliphatic heterocycles. The third kappa shape index (κ3) is 5.45. The van der Waals surface area contributed by atoms with Crippen molar-refractivity contribution < 1.29 is 4.74 Å². The first kappa shape index (κ1) is 16.9. The molecule has 4 heteroatoms. The average molecular weight is 276 g/mol. The quantitative estimate of drug-likeness (QED) is 0.641. The van der Waals surface area contributed by atoms with Crippen LogP contribution in [0.15, 0.2) is 18.2 Å². The fraction of sp³-hybridized carbons (Fsp3) is 0.625. The van der Waals surface area contributed by atoms with Gasteiger partial charge < -0.3 is 15.4 Å². The second-order valence-electron chi connectivity index (χ2n) is 6.61. The summed E-state index contributed by atoms with van der Waals surface area (Å²) in [4.78, 5) is 2.38. The first-order chi connectivity index (χ1) is 9.23. The number of ether oxygens (including phenoxy) is 1. The molecule has 0 radical (unpaired) electrons. The third-order valence-electron chi connectivity index (χ3n) is 3.33. The van der Waals surface area contributed by atoms with Gasteiger partial charge in [-0.2, -0.15) is 0 Å². The molecule has 0 heterocycles. The van der Waals surface area contributed by atoms with Crippen molar-refractivity contribution in [2.24, 2.45) is 0 Å². The highest BCUT2D eigenvalue weighted by Gasteiger charge is 2.15. The molecule has 0 saturated carbocycles. The number of anilines is 2. The lowest BCUT2D eigenvalue weighted by atomic mass is 9.87. The molecule has 1 atom stereocenters. The number of benzene rings is 1. The molecule has 2 N–H and O–H groups in total. The molecule has 1 aromatic rings. The molecule has 0 spiro atoms. The van der Waals surface area contributed by atoms with E-state index < -0.39 is 0 Å². The zero-order valence-electron chi connectivity index (χ0n) is 13.9. The van der Waals surface area contributed by atoms with Gasteiger partial charge >= 0.3 is 0 Å². The van der Waals surface area contributed by atoms with Gasteiger partial charge in [0.05, 0.1) is 5.60 Å². The van der Waals surface area contributed by atoms with E-state index in [0.717, 1.165) is 30.9 Å². The summed E-state index contributed by atoms with van der Waals surface area (Å²) in [5.41, 5.74) is 9.05. The summed E-state index contributed by atoms with van der Waals surface area (Å²) in [6, 6.07) is 6.25. The highest BCUT2D eigenvalue weighted by atomic mass is 16.5.